The van der Waals surface area contributed by atoms with Crippen molar-refractivity contribution >= 4 is 15.9 Å². The molecule has 5 heteroatoms. The summed E-state index contributed by atoms with van der Waals surface area (Å²) in [7, 11) is 3.52. The molecule has 15 heavy (non-hydrogen) atoms. The predicted molar refractivity (Wildman–Crippen MR) is 61.8 cm³/mol. The average molecular weight is 277 g/mol. The lowest BCUT2D eigenvalue weighted by atomic mass is 10.1. The van der Waals surface area contributed by atoms with Gasteiger partial charge in [-0.3, -0.25) is 4.68 Å². The molecule has 0 aliphatic rings. The monoisotopic (exact) mass is 276 g/mol. The summed E-state index contributed by atoms with van der Waals surface area (Å²) >= 11 is 3.47. The normalized spacial score (nSPS) is 13.1. The Hall–Kier alpha value is -0.390. The van der Waals surface area contributed by atoms with Gasteiger partial charge in [0.1, 0.15) is 0 Å². The Morgan fingerprint density at radius 1 is 1.60 bits per heavy atom. The molecule has 1 atom stereocenters. The van der Waals surface area contributed by atoms with Gasteiger partial charge in [0.15, 0.2) is 0 Å². The van der Waals surface area contributed by atoms with Crippen molar-refractivity contribution in [3.8, 4) is 0 Å². The maximum Gasteiger partial charge on any atom is 0.0738 e. The van der Waals surface area contributed by atoms with Gasteiger partial charge in [-0.2, -0.15) is 5.10 Å². The highest BCUT2D eigenvalue weighted by Gasteiger charge is 2.14. The molecule has 1 heterocycles. The molecular weight excluding hydrogens is 260 g/mol. The van der Waals surface area contributed by atoms with Gasteiger partial charge in [0.25, 0.3) is 0 Å². The highest BCUT2D eigenvalue weighted by Crippen LogP contribution is 2.21. The quantitative estimate of drug-likeness (QED) is 0.885. The number of aryl methyl sites for hydroxylation is 2. The molecule has 0 radical (unpaired) electrons. The topological polar surface area (TPSA) is 47.3 Å². The molecule has 1 N–H and O–H groups in total. The van der Waals surface area contributed by atoms with E-state index in [1.165, 1.54) is 0 Å². The van der Waals surface area contributed by atoms with E-state index < -0.39 is 0 Å². The second-order valence-electron chi connectivity index (χ2n) is 3.61. The molecule has 0 fully saturated rings. The van der Waals surface area contributed by atoms with E-state index in [0.717, 1.165) is 15.9 Å². The van der Waals surface area contributed by atoms with Crippen molar-refractivity contribution in [1.29, 1.82) is 0 Å². The van der Waals surface area contributed by atoms with Gasteiger partial charge in [0.05, 0.1) is 22.0 Å². The molecule has 0 saturated heterocycles. The van der Waals surface area contributed by atoms with Crippen LogP contribution in [0.25, 0.3) is 0 Å². The van der Waals surface area contributed by atoms with Crippen LogP contribution in [0.15, 0.2) is 4.47 Å². The van der Waals surface area contributed by atoms with Crippen LogP contribution in [0.5, 0.6) is 0 Å². The highest BCUT2D eigenvalue weighted by atomic mass is 79.9. The minimum absolute atomic E-state index is 0.379. The number of aliphatic hydroxyl groups is 1. The van der Waals surface area contributed by atoms with Gasteiger partial charge in [0.2, 0.25) is 0 Å². The van der Waals surface area contributed by atoms with E-state index in [9.17, 15) is 5.11 Å². The Balaban J connectivity index is 2.63. The minimum atomic E-state index is -0.379. The Morgan fingerprint density at radius 3 is 2.73 bits per heavy atom. The van der Waals surface area contributed by atoms with Gasteiger partial charge in [-0.25, -0.2) is 0 Å². The molecule has 1 rings (SSSR count). The molecule has 0 aromatic carbocycles. The summed E-state index contributed by atoms with van der Waals surface area (Å²) in [5.74, 6) is 0. The third kappa shape index (κ3) is 3.29. The van der Waals surface area contributed by atoms with E-state index in [2.05, 4.69) is 21.0 Å². The van der Waals surface area contributed by atoms with Crippen molar-refractivity contribution in [3.05, 3.63) is 15.9 Å². The van der Waals surface area contributed by atoms with E-state index in [1.54, 1.807) is 11.8 Å². The van der Waals surface area contributed by atoms with Gasteiger partial charge < -0.3 is 9.84 Å². The second kappa shape index (κ2) is 5.63. The van der Waals surface area contributed by atoms with Crippen LogP contribution in [0.3, 0.4) is 0 Å². The smallest absolute Gasteiger partial charge is 0.0738 e. The van der Waals surface area contributed by atoms with Crippen molar-refractivity contribution in [2.75, 3.05) is 13.7 Å². The zero-order valence-electron chi connectivity index (χ0n) is 9.33. The van der Waals surface area contributed by atoms with Crippen LogP contribution in [-0.4, -0.2) is 34.7 Å². The Bertz CT molecular complexity index is 325. The third-order valence-corrected chi connectivity index (χ3v) is 3.38. The van der Waals surface area contributed by atoms with Crippen LogP contribution in [0, 0.1) is 6.92 Å². The molecule has 86 valence electrons. The zero-order chi connectivity index (χ0) is 11.4. The van der Waals surface area contributed by atoms with Gasteiger partial charge >= 0.3 is 0 Å². The molecule has 4 nitrogen and oxygen atoms in total. The van der Waals surface area contributed by atoms with E-state index >= 15 is 0 Å². The standard InChI is InChI=1S/C10H17BrN2O2/c1-7-10(11)9(13(2)12-7)6-8(14)4-5-15-3/h8,14H,4-6H2,1-3H3. The minimum Gasteiger partial charge on any atom is -0.393 e. The third-order valence-electron chi connectivity index (χ3n) is 2.35. The molecule has 1 unspecified atom stereocenters. The number of rotatable bonds is 5. The van der Waals surface area contributed by atoms with Crippen molar-refractivity contribution in [2.24, 2.45) is 7.05 Å². The summed E-state index contributed by atoms with van der Waals surface area (Å²) in [5.41, 5.74) is 1.97. The molecule has 0 amide bonds. The number of aliphatic hydroxyl groups excluding tert-OH is 1. The molecule has 1 aromatic heterocycles. The largest absolute Gasteiger partial charge is 0.393 e. The van der Waals surface area contributed by atoms with Crippen molar-refractivity contribution < 1.29 is 9.84 Å². The molecular formula is C10H17BrN2O2. The SMILES string of the molecule is COCCC(O)Cc1c(Br)c(C)nn1C. The molecule has 1 aromatic rings. The average Bonchev–Trinajstić information content (AvgIpc) is 2.42. The summed E-state index contributed by atoms with van der Waals surface area (Å²) in [4.78, 5) is 0. The summed E-state index contributed by atoms with van der Waals surface area (Å²) < 4.78 is 7.71. The first-order valence-corrected chi connectivity index (χ1v) is 5.70. The summed E-state index contributed by atoms with van der Waals surface area (Å²) in [5, 5.41) is 14.0. The van der Waals surface area contributed by atoms with Gasteiger partial charge in [-0.05, 0) is 29.3 Å². The number of methoxy groups -OCH3 is 1. The Morgan fingerprint density at radius 2 is 2.27 bits per heavy atom. The Kier molecular flexibility index (Phi) is 4.76. The zero-order valence-corrected chi connectivity index (χ0v) is 10.9. The maximum atomic E-state index is 9.75. The number of aromatic nitrogens is 2. The number of halogens is 1. The van der Waals surface area contributed by atoms with Crippen molar-refractivity contribution in [1.82, 2.24) is 9.78 Å². The van der Waals surface area contributed by atoms with Gasteiger partial charge in [0, 0.05) is 27.2 Å². The fourth-order valence-corrected chi connectivity index (χ4v) is 1.98. The summed E-state index contributed by atoms with van der Waals surface area (Å²) in [6, 6.07) is 0. The van der Waals surface area contributed by atoms with Gasteiger partial charge in [-0.1, -0.05) is 0 Å². The van der Waals surface area contributed by atoms with Crippen LogP contribution in [0.1, 0.15) is 17.8 Å². The highest BCUT2D eigenvalue weighted by molar-refractivity contribution is 9.10. The van der Waals surface area contributed by atoms with Crippen molar-refractivity contribution in [2.45, 2.75) is 25.9 Å². The van der Waals surface area contributed by atoms with Crippen molar-refractivity contribution in [3.63, 3.8) is 0 Å². The fraction of sp³-hybridized carbons (Fsp3) is 0.700. The lowest BCUT2D eigenvalue weighted by molar-refractivity contribution is 0.109. The van der Waals surface area contributed by atoms with Crippen LogP contribution >= 0.6 is 15.9 Å². The number of hydrogen-bond acceptors (Lipinski definition) is 3. The molecule has 0 aliphatic heterocycles. The van der Waals surface area contributed by atoms with Crippen LogP contribution < -0.4 is 0 Å². The van der Waals surface area contributed by atoms with E-state index in [4.69, 9.17) is 4.74 Å². The van der Waals surface area contributed by atoms with E-state index in [1.807, 2.05) is 14.0 Å². The molecule has 0 aliphatic carbocycles. The number of ether oxygens (including phenoxy) is 1. The predicted octanol–water partition coefficient (Wildman–Crippen LogP) is 1.43. The molecule has 0 saturated carbocycles. The number of hydrogen-bond donors (Lipinski definition) is 1. The summed E-state index contributed by atoms with van der Waals surface area (Å²) in [6.07, 6.45) is 0.866. The van der Waals surface area contributed by atoms with Crippen LogP contribution in [0.4, 0.5) is 0 Å². The number of nitrogens with zero attached hydrogens (tertiary/aromatic N) is 2. The first-order valence-electron chi connectivity index (χ1n) is 4.91. The van der Waals surface area contributed by atoms with Crippen LogP contribution in [-0.2, 0) is 18.2 Å². The van der Waals surface area contributed by atoms with E-state index in [0.29, 0.717) is 19.4 Å². The lowest BCUT2D eigenvalue weighted by Gasteiger charge is -2.10. The molecule has 0 bridgehead atoms. The fourth-order valence-electron chi connectivity index (χ4n) is 1.48. The first kappa shape index (κ1) is 12.7. The van der Waals surface area contributed by atoms with Gasteiger partial charge in [-0.15, -0.1) is 0 Å². The molecule has 0 spiro atoms. The lowest BCUT2D eigenvalue weighted by Crippen LogP contribution is -2.15. The van der Waals surface area contributed by atoms with Crippen LogP contribution in [0.2, 0.25) is 0 Å². The second-order valence-corrected chi connectivity index (χ2v) is 4.40. The van der Waals surface area contributed by atoms with E-state index in [-0.39, 0.29) is 6.10 Å². The Labute approximate surface area is 98.4 Å². The first-order chi connectivity index (χ1) is 7.06. The maximum absolute atomic E-state index is 9.75. The summed E-state index contributed by atoms with van der Waals surface area (Å²) in [6.45, 7) is 2.52.